The molecule has 0 aliphatic heterocycles. The van der Waals surface area contributed by atoms with Gasteiger partial charge < -0.3 is 9.47 Å². The predicted molar refractivity (Wildman–Crippen MR) is 254 cm³/mol. The number of aromatic nitrogens is 1. The first-order chi connectivity index (χ1) is 29.3. The maximum atomic E-state index is 2.46. The molecule has 59 heavy (non-hydrogen) atoms. The van der Waals surface area contributed by atoms with Crippen molar-refractivity contribution in [2.45, 2.75) is 0 Å². The van der Waals surface area contributed by atoms with Crippen LogP contribution < -0.4 is 4.90 Å². The van der Waals surface area contributed by atoms with E-state index in [0.29, 0.717) is 0 Å². The summed E-state index contributed by atoms with van der Waals surface area (Å²) in [5, 5.41) is 10.1. The second kappa shape index (κ2) is 13.6. The molecule has 0 amide bonds. The van der Waals surface area contributed by atoms with Crippen molar-refractivity contribution in [3.8, 4) is 27.9 Å². The highest BCUT2D eigenvalue weighted by atomic mass is 32.1. The summed E-state index contributed by atoms with van der Waals surface area (Å²) in [7, 11) is 0. The fraction of sp³-hybridized carbons (Fsp3) is 0. The number of para-hydroxylation sites is 1. The Morgan fingerprint density at radius 2 is 0.915 bits per heavy atom. The van der Waals surface area contributed by atoms with Gasteiger partial charge in [0.25, 0.3) is 0 Å². The first kappa shape index (κ1) is 33.7. The molecule has 0 fully saturated rings. The molecule has 3 heteroatoms. The third-order valence-corrected chi connectivity index (χ3v) is 13.1. The van der Waals surface area contributed by atoms with Crippen LogP contribution >= 0.6 is 11.3 Å². The van der Waals surface area contributed by atoms with Crippen molar-refractivity contribution in [1.29, 1.82) is 0 Å². The van der Waals surface area contributed by atoms with Crippen molar-refractivity contribution in [3.05, 3.63) is 218 Å². The van der Waals surface area contributed by atoms with Gasteiger partial charge in [-0.15, -0.1) is 11.3 Å². The molecule has 0 saturated heterocycles. The highest BCUT2D eigenvalue weighted by Gasteiger charge is 2.20. The summed E-state index contributed by atoms with van der Waals surface area (Å²) in [4.78, 5) is 2.43. The molecule has 0 bridgehead atoms. The number of benzene rings is 10. The molecule has 10 aromatic carbocycles. The summed E-state index contributed by atoms with van der Waals surface area (Å²) >= 11 is 1.87. The highest BCUT2D eigenvalue weighted by molar-refractivity contribution is 7.26. The molecule has 2 nitrogen and oxygen atoms in total. The van der Waals surface area contributed by atoms with Crippen LogP contribution in [0.2, 0.25) is 0 Å². The van der Waals surface area contributed by atoms with Gasteiger partial charge in [-0.25, -0.2) is 0 Å². The van der Waals surface area contributed by atoms with Gasteiger partial charge in [0.2, 0.25) is 0 Å². The Balaban J connectivity index is 1.07. The molecule has 12 aromatic rings. The molecule has 0 saturated carbocycles. The Kier molecular flexibility index (Phi) is 7.75. The Labute approximate surface area is 346 Å². The molecule has 2 heterocycles. The van der Waals surface area contributed by atoms with E-state index in [1.165, 1.54) is 91.5 Å². The number of anilines is 3. The van der Waals surface area contributed by atoms with Crippen molar-refractivity contribution < 1.29 is 0 Å². The molecule has 0 radical (unpaired) electrons. The maximum absolute atomic E-state index is 2.46. The molecule has 0 aliphatic carbocycles. The quantitative estimate of drug-likeness (QED) is 0.164. The number of hydrogen-bond donors (Lipinski definition) is 0. The predicted octanol–water partition coefficient (Wildman–Crippen LogP) is 16.3. The number of nitrogens with zero attached hydrogens (tertiary/aromatic N) is 2. The minimum Gasteiger partial charge on any atom is -0.310 e. The summed E-state index contributed by atoms with van der Waals surface area (Å²) in [6.07, 6.45) is 0. The SMILES string of the molecule is c1ccc(-c2ccccc2-c2ccc(N(c3ccc4c(c3)sc3ccc5ccccc5c34)c3ccc4c5ccccc5n(-c5cccc6ccccc56)c4c3)cc2)cc1. The van der Waals surface area contributed by atoms with Gasteiger partial charge >= 0.3 is 0 Å². The van der Waals surface area contributed by atoms with Gasteiger partial charge in [0.1, 0.15) is 0 Å². The minimum absolute atomic E-state index is 1.10. The van der Waals surface area contributed by atoms with Gasteiger partial charge in [-0.3, -0.25) is 0 Å². The van der Waals surface area contributed by atoms with Crippen molar-refractivity contribution >= 4 is 91.9 Å². The summed E-state index contributed by atoms with van der Waals surface area (Å²) in [5.74, 6) is 0. The Bertz CT molecular complexity index is 3550. The molecule has 276 valence electrons. The van der Waals surface area contributed by atoms with Crippen LogP contribution in [0.15, 0.2) is 218 Å². The lowest BCUT2D eigenvalue weighted by Gasteiger charge is -2.26. The van der Waals surface area contributed by atoms with Crippen LogP contribution in [0.4, 0.5) is 17.1 Å². The fourth-order valence-corrected chi connectivity index (χ4v) is 10.4. The molecule has 12 rings (SSSR count). The van der Waals surface area contributed by atoms with Gasteiger partial charge in [-0.05, 0) is 93.0 Å². The number of rotatable bonds is 6. The smallest absolute Gasteiger partial charge is 0.0562 e. The Hall–Kier alpha value is -7.46. The summed E-state index contributed by atoms with van der Waals surface area (Å²) in [5.41, 5.74) is 11.7. The van der Waals surface area contributed by atoms with Crippen LogP contribution in [0.1, 0.15) is 0 Å². The van der Waals surface area contributed by atoms with Gasteiger partial charge in [0.05, 0.1) is 16.7 Å². The molecular formula is C56H36N2S. The van der Waals surface area contributed by atoms with Crippen LogP contribution in [0.3, 0.4) is 0 Å². The molecule has 2 aromatic heterocycles. The van der Waals surface area contributed by atoms with E-state index in [9.17, 15) is 0 Å². The van der Waals surface area contributed by atoms with E-state index in [2.05, 4.69) is 228 Å². The van der Waals surface area contributed by atoms with Crippen molar-refractivity contribution in [2.24, 2.45) is 0 Å². The molecule has 0 aliphatic rings. The molecule has 0 atom stereocenters. The second-order valence-corrected chi connectivity index (χ2v) is 16.4. The first-order valence-electron chi connectivity index (χ1n) is 20.2. The van der Waals surface area contributed by atoms with Crippen molar-refractivity contribution in [2.75, 3.05) is 4.90 Å². The standard InChI is InChI=1S/C56H36N2S/c1-2-13-37(14-3-1)44-18-8-9-19-45(44)40-25-28-41(29-26-40)57(43-31-33-50-55(36-43)59-54-34-27-39-16-5-7-21-47(39)56(50)54)42-30-32-49-48-22-10-11-23-52(48)58(53(49)35-42)51-24-12-17-38-15-4-6-20-46(38)51/h1-36H. The summed E-state index contributed by atoms with van der Waals surface area (Å²) in [6.45, 7) is 0. The van der Waals surface area contributed by atoms with Gasteiger partial charge in [0.15, 0.2) is 0 Å². The molecule has 0 N–H and O–H groups in total. The molecular weight excluding hydrogens is 733 g/mol. The van der Waals surface area contributed by atoms with Crippen molar-refractivity contribution in [1.82, 2.24) is 4.57 Å². The molecule has 0 spiro atoms. The number of fused-ring (bicyclic) bond motifs is 9. The van der Waals surface area contributed by atoms with E-state index in [-0.39, 0.29) is 0 Å². The first-order valence-corrected chi connectivity index (χ1v) is 21.0. The summed E-state index contributed by atoms with van der Waals surface area (Å²) in [6, 6.07) is 79.9. The fourth-order valence-electron chi connectivity index (χ4n) is 9.28. The van der Waals surface area contributed by atoms with Crippen LogP contribution in [-0.2, 0) is 0 Å². The van der Waals surface area contributed by atoms with Gasteiger partial charge in [-0.1, -0.05) is 164 Å². The third-order valence-electron chi connectivity index (χ3n) is 12.0. The minimum atomic E-state index is 1.10. The Morgan fingerprint density at radius 3 is 1.71 bits per heavy atom. The lowest BCUT2D eigenvalue weighted by atomic mass is 9.94. The average Bonchev–Trinajstić information content (AvgIpc) is 3.85. The lowest BCUT2D eigenvalue weighted by molar-refractivity contribution is 1.19. The van der Waals surface area contributed by atoms with E-state index < -0.39 is 0 Å². The summed E-state index contributed by atoms with van der Waals surface area (Å²) < 4.78 is 5.04. The zero-order valence-electron chi connectivity index (χ0n) is 32.1. The van der Waals surface area contributed by atoms with Crippen LogP contribution in [0.5, 0.6) is 0 Å². The van der Waals surface area contributed by atoms with Gasteiger partial charge in [0, 0.05) is 53.4 Å². The highest BCUT2D eigenvalue weighted by Crippen LogP contribution is 2.45. The van der Waals surface area contributed by atoms with E-state index >= 15 is 0 Å². The normalized spacial score (nSPS) is 11.7. The lowest BCUT2D eigenvalue weighted by Crippen LogP contribution is -2.10. The van der Waals surface area contributed by atoms with Gasteiger partial charge in [-0.2, -0.15) is 0 Å². The second-order valence-electron chi connectivity index (χ2n) is 15.3. The monoisotopic (exact) mass is 768 g/mol. The zero-order chi connectivity index (χ0) is 38.9. The number of thiophene rings is 1. The van der Waals surface area contributed by atoms with E-state index in [4.69, 9.17) is 0 Å². The van der Waals surface area contributed by atoms with E-state index in [1.54, 1.807) is 0 Å². The average molecular weight is 769 g/mol. The number of hydrogen-bond acceptors (Lipinski definition) is 2. The zero-order valence-corrected chi connectivity index (χ0v) is 32.9. The molecule has 0 unspecified atom stereocenters. The van der Waals surface area contributed by atoms with E-state index in [1.807, 2.05) is 11.3 Å². The maximum Gasteiger partial charge on any atom is 0.0562 e. The van der Waals surface area contributed by atoms with E-state index in [0.717, 1.165) is 17.1 Å². The van der Waals surface area contributed by atoms with Crippen LogP contribution in [-0.4, -0.2) is 4.57 Å². The Morgan fingerprint density at radius 1 is 0.339 bits per heavy atom. The largest absolute Gasteiger partial charge is 0.310 e. The van der Waals surface area contributed by atoms with Crippen molar-refractivity contribution in [3.63, 3.8) is 0 Å². The van der Waals surface area contributed by atoms with Crippen LogP contribution in [0.25, 0.3) is 91.5 Å². The van der Waals surface area contributed by atoms with Crippen LogP contribution in [0, 0.1) is 0 Å². The topological polar surface area (TPSA) is 8.17 Å². The third kappa shape index (κ3) is 5.47.